The molecule has 0 spiro atoms. The Balaban J connectivity index is 2.29. The van der Waals surface area contributed by atoms with Gasteiger partial charge in [-0.2, -0.15) is 5.26 Å². The molecule has 1 fully saturated rings. The van der Waals surface area contributed by atoms with Crippen LogP contribution in [0.3, 0.4) is 0 Å². The van der Waals surface area contributed by atoms with Crippen molar-refractivity contribution >= 4 is 17.5 Å². The Morgan fingerprint density at radius 2 is 2.42 bits per heavy atom. The van der Waals surface area contributed by atoms with Crippen molar-refractivity contribution in [1.29, 1.82) is 5.26 Å². The molecule has 1 aliphatic heterocycles. The smallest absolute Gasteiger partial charge is 0.308 e. The molecule has 0 bridgehead atoms. The van der Waals surface area contributed by atoms with E-state index >= 15 is 0 Å². The van der Waals surface area contributed by atoms with Gasteiger partial charge in [-0.15, -0.1) is 0 Å². The van der Waals surface area contributed by atoms with Gasteiger partial charge in [-0.05, 0) is 6.42 Å². The Morgan fingerprint density at radius 1 is 1.68 bits per heavy atom. The van der Waals surface area contributed by atoms with Crippen molar-refractivity contribution in [1.82, 2.24) is 4.98 Å². The summed E-state index contributed by atoms with van der Waals surface area (Å²) in [7, 11) is 0. The van der Waals surface area contributed by atoms with E-state index in [4.69, 9.17) is 10.4 Å². The molecule has 1 aromatic heterocycles. The number of nitriles is 1. The molecular weight excluding hydrogens is 252 g/mol. The summed E-state index contributed by atoms with van der Waals surface area (Å²) < 4.78 is 0. The molecule has 1 unspecified atom stereocenters. The summed E-state index contributed by atoms with van der Waals surface area (Å²) in [4.78, 5) is 26.4. The number of carboxylic acids is 1. The number of nitrogens with zero attached hydrogens (tertiary/aromatic N) is 4. The third-order valence-electron chi connectivity index (χ3n) is 3.02. The minimum Gasteiger partial charge on any atom is -0.481 e. The van der Waals surface area contributed by atoms with E-state index in [2.05, 4.69) is 4.98 Å². The van der Waals surface area contributed by atoms with Gasteiger partial charge in [0, 0.05) is 19.2 Å². The average molecular weight is 262 g/mol. The number of pyridine rings is 1. The van der Waals surface area contributed by atoms with Gasteiger partial charge in [0.05, 0.1) is 10.8 Å². The normalized spacial score (nSPS) is 18.1. The first-order chi connectivity index (χ1) is 9.02. The van der Waals surface area contributed by atoms with E-state index in [1.165, 1.54) is 0 Å². The first-order valence-corrected chi connectivity index (χ1v) is 5.55. The number of anilines is 1. The minimum atomic E-state index is -0.886. The lowest BCUT2D eigenvalue weighted by atomic mass is 10.1. The Labute approximate surface area is 108 Å². The quantitative estimate of drug-likeness (QED) is 0.630. The van der Waals surface area contributed by atoms with Gasteiger partial charge >= 0.3 is 5.97 Å². The van der Waals surface area contributed by atoms with Crippen LogP contribution in [0.1, 0.15) is 12.0 Å². The molecule has 0 saturated carbocycles. The number of aromatic nitrogens is 1. The van der Waals surface area contributed by atoms with Crippen molar-refractivity contribution in [3.8, 4) is 6.07 Å². The summed E-state index contributed by atoms with van der Waals surface area (Å²) in [5.41, 5.74) is -0.172. The van der Waals surface area contributed by atoms with E-state index in [0.717, 1.165) is 12.3 Å². The van der Waals surface area contributed by atoms with E-state index < -0.39 is 16.8 Å². The molecule has 19 heavy (non-hydrogen) atoms. The van der Waals surface area contributed by atoms with Gasteiger partial charge in [0.2, 0.25) is 0 Å². The van der Waals surface area contributed by atoms with Gasteiger partial charge in [0.25, 0.3) is 5.69 Å². The van der Waals surface area contributed by atoms with Crippen LogP contribution in [-0.4, -0.2) is 34.1 Å². The second-order valence-electron chi connectivity index (χ2n) is 4.20. The largest absolute Gasteiger partial charge is 0.481 e. The Bertz CT molecular complexity index is 581. The van der Waals surface area contributed by atoms with Crippen LogP contribution in [0.4, 0.5) is 11.5 Å². The molecule has 0 aliphatic carbocycles. The summed E-state index contributed by atoms with van der Waals surface area (Å²) in [5.74, 6) is -1.08. The van der Waals surface area contributed by atoms with Crippen molar-refractivity contribution in [2.75, 3.05) is 18.0 Å². The number of rotatable bonds is 3. The molecule has 98 valence electrons. The molecular formula is C11H10N4O4. The molecule has 1 atom stereocenters. The van der Waals surface area contributed by atoms with Crippen molar-refractivity contribution in [2.45, 2.75) is 6.42 Å². The SMILES string of the molecule is N#Cc1cc([N+](=O)[O-])cnc1N1CCC(C(=O)O)C1. The topological polar surface area (TPSA) is 120 Å². The average Bonchev–Trinajstić information content (AvgIpc) is 2.87. The molecule has 2 heterocycles. The van der Waals surface area contributed by atoms with E-state index in [0.29, 0.717) is 18.8 Å². The van der Waals surface area contributed by atoms with Crippen LogP contribution in [-0.2, 0) is 4.79 Å². The van der Waals surface area contributed by atoms with Crippen molar-refractivity contribution in [3.05, 3.63) is 27.9 Å². The van der Waals surface area contributed by atoms with Crippen molar-refractivity contribution in [2.24, 2.45) is 5.92 Å². The monoisotopic (exact) mass is 262 g/mol. The van der Waals surface area contributed by atoms with E-state index in [1.54, 1.807) is 4.90 Å². The molecule has 1 N–H and O–H groups in total. The van der Waals surface area contributed by atoms with Crippen LogP contribution < -0.4 is 4.90 Å². The molecule has 1 saturated heterocycles. The number of hydrogen-bond acceptors (Lipinski definition) is 6. The van der Waals surface area contributed by atoms with Crippen LogP contribution in [0.25, 0.3) is 0 Å². The summed E-state index contributed by atoms with van der Waals surface area (Å²) in [6, 6.07) is 3.00. The fourth-order valence-electron chi connectivity index (χ4n) is 2.03. The second-order valence-corrected chi connectivity index (χ2v) is 4.20. The Hall–Kier alpha value is -2.69. The van der Waals surface area contributed by atoms with Gasteiger partial charge in [-0.1, -0.05) is 0 Å². The first-order valence-electron chi connectivity index (χ1n) is 5.55. The molecule has 0 radical (unpaired) electrons. The zero-order valence-electron chi connectivity index (χ0n) is 9.81. The van der Waals surface area contributed by atoms with Crippen LogP contribution in [0.2, 0.25) is 0 Å². The third-order valence-corrected chi connectivity index (χ3v) is 3.02. The van der Waals surface area contributed by atoms with Crippen LogP contribution in [0.5, 0.6) is 0 Å². The fraction of sp³-hybridized carbons (Fsp3) is 0.364. The van der Waals surface area contributed by atoms with Crippen LogP contribution in [0.15, 0.2) is 12.3 Å². The highest BCUT2D eigenvalue weighted by Gasteiger charge is 2.30. The zero-order valence-corrected chi connectivity index (χ0v) is 9.81. The molecule has 8 heteroatoms. The number of hydrogen-bond donors (Lipinski definition) is 1. The molecule has 8 nitrogen and oxygen atoms in total. The lowest BCUT2D eigenvalue weighted by Crippen LogP contribution is -2.24. The maximum atomic E-state index is 10.9. The van der Waals surface area contributed by atoms with Crippen LogP contribution in [0, 0.1) is 27.4 Å². The lowest BCUT2D eigenvalue weighted by Gasteiger charge is -2.17. The predicted molar refractivity (Wildman–Crippen MR) is 63.6 cm³/mol. The maximum absolute atomic E-state index is 10.9. The van der Waals surface area contributed by atoms with E-state index in [-0.39, 0.29) is 17.8 Å². The number of nitro groups is 1. The Kier molecular flexibility index (Phi) is 3.29. The number of carboxylic acid groups (broad SMARTS) is 1. The zero-order chi connectivity index (χ0) is 14.0. The standard InChI is InChI=1S/C11H10N4O4/c12-4-8-3-9(15(18)19)5-13-10(8)14-2-1-7(6-14)11(16)17/h3,5,7H,1-2,6H2,(H,16,17). The molecule has 2 rings (SSSR count). The second kappa shape index (κ2) is 4.89. The number of carbonyl (C=O) groups is 1. The molecule has 1 aromatic rings. The summed E-state index contributed by atoms with van der Waals surface area (Å²) in [6.07, 6.45) is 1.54. The summed E-state index contributed by atoms with van der Waals surface area (Å²) in [6.45, 7) is 0.727. The van der Waals surface area contributed by atoms with Gasteiger partial charge in [-0.25, -0.2) is 4.98 Å². The highest BCUT2D eigenvalue weighted by Crippen LogP contribution is 2.27. The van der Waals surface area contributed by atoms with Crippen molar-refractivity contribution in [3.63, 3.8) is 0 Å². The predicted octanol–water partition coefficient (Wildman–Crippen LogP) is 0.772. The highest BCUT2D eigenvalue weighted by atomic mass is 16.6. The maximum Gasteiger partial charge on any atom is 0.308 e. The van der Waals surface area contributed by atoms with Gasteiger partial charge in [0.1, 0.15) is 23.6 Å². The van der Waals surface area contributed by atoms with Gasteiger partial charge < -0.3 is 10.0 Å². The lowest BCUT2D eigenvalue weighted by molar-refractivity contribution is -0.385. The Morgan fingerprint density at radius 3 is 2.95 bits per heavy atom. The third kappa shape index (κ3) is 2.44. The summed E-state index contributed by atoms with van der Waals surface area (Å²) in [5, 5.41) is 28.5. The van der Waals surface area contributed by atoms with Crippen LogP contribution >= 0.6 is 0 Å². The van der Waals surface area contributed by atoms with Gasteiger partial charge in [-0.3, -0.25) is 14.9 Å². The molecule has 1 aliphatic rings. The highest BCUT2D eigenvalue weighted by molar-refractivity contribution is 5.72. The minimum absolute atomic E-state index is 0.0836. The fourth-order valence-corrected chi connectivity index (χ4v) is 2.03. The van der Waals surface area contributed by atoms with E-state index in [9.17, 15) is 14.9 Å². The van der Waals surface area contributed by atoms with Crippen molar-refractivity contribution < 1.29 is 14.8 Å². The summed E-state index contributed by atoms with van der Waals surface area (Å²) >= 11 is 0. The number of aliphatic carboxylic acids is 1. The van der Waals surface area contributed by atoms with Gasteiger partial charge in [0.15, 0.2) is 0 Å². The van der Waals surface area contributed by atoms with E-state index in [1.807, 2.05) is 6.07 Å². The first kappa shape index (κ1) is 12.8. The molecule has 0 amide bonds. The molecule has 0 aromatic carbocycles.